The highest BCUT2D eigenvalue weighted by molar-refractivity contribution is 9.10. The molecule has 6 nitrogen and oxygen atoms in total. The molecular formula is C28H27BrN2O4. The van der Waals surface area contributed by atoms with E-state index < -0.39 is 11.9 Å². The molecule has 35 heavy (non-hydrogen) atoms. The number of hydrazone groups is 1. The van der Waals surface area contributed by atoms with E-state index in [0.717, 1.165) is 21.2 Å². The lowest BCUT2D eigenvalue weighted by molar-refractivity contribution is -0.129. The number of carbonyl (C=O) groups is 2. The van der Waals surface area contributed by atoms with Gasteiger partial charge in [0.1, 0.15) is 11.5 Å². The second-order valence-electron chi connectivity index (χ2n) is 8.13. The summed E-state index contributed by atoms with van der Waals surface area (Å²) in [6, 6.07) is 20.5. The van der Waals surface area contributed by atoms with Gasteiger partial charge >= 0.3 is 5.97 Å². The van der Waals surface area contributed by atoms with E-state index in [4.69, 9.17) is 9.47 Å². The third kappa shape index (κ3) is 8.22. The number of hydrogen-bond acceptors (Lipinski definition) is 5. The molecule has 0 aliphatic carbocycles. The Morgan fingerprint density at radius 1 is 1.03 bits per heavy atom. The number of ether oxygens (including phenoxy) is 2. The minimum atomic E-state index is -0.526. The average Bonchev–Trinajstić information content (AvgIpc) is 2.83. The number of aryl methyl sites for hydroxylation is 1. The zero-order valence-corrected chi connectivity index (χ0v) is 21.4. The number of rotatable bonds is 9. The summed E-state index contributed by atoms with van der Waals surface area (Å²) >= 11 is 3.40. The largest absolute Gasteiger partial charge is 0.483 e. The van der Waals surface area contributed by atoms with Gasteiger partial charge in [0.15, 0.2) is 6.61 Å². The molecule has 0 aromatic heterocycles. The standard InChI is InChI=1S/C28H27BrN2O4/c1-19(2)24-12-9-20(3)15-26(24)34-18-27(32)31-30-17-22-16-23(29)11-13-25(22)35-28(33)14-10-21-7-5-4-6-8-21/h4-17,19H,18H2,1-3H3,(H,31,32). The highest BCUT2D eigenvalue weighted by Gasteiger charge is 2.11. The molecule has 3 rings (SSSR count). The van der Waals surface area contributed by atoms with Crippen molar-refractivity contribution in [3.8, 4) is 11.5 Å². The number of benzene rings is 3. The van der Waals surface area contributed by atoms with E-state index in [1.54, 1.807) is 24.3 Å². The Hall–Kier alpha value is -3.71. The van der Waals surface area contributed by atoms with Crippen molar-refractivity contribution in [2.45, 2.75) is 26.7 Å². The van der Waals surface area contributed by atoms with Crippen LogP contribution in [-0.2, 0) is 9.59 Å². The fourth-order valence-corrected chi connectivity index (χ4v) is 3.56. The topological polar surface area (TPSA) is 77.0 Å². The number of halogens is 1. The minimum Gasteiger partial charge on any atom is -0.483 e. The molecular weight excluding hydrogens is 508 g/mol. The molecule has 3 aromatic carbocycles. The SMILES string of the molecule is Cc1ccc(C(C)C)c(OCC(=O)NN=Cc2cc(Br)ccc2OC(=O)C=Cc2ccccc2)c1. The van der Waals surface area contributed by atoms with Crippen molar-refractivity contribution in [3.63, 3.8) is 0 Å². The zero-order chi connectivity index (χ0) is 25.2. The molecule has 3 aromatic rings. The number of esters is 1. The summed E-state index contributed by atoms with van der Waals surface area (Å²) in [6.07, 6.45) is 4.45. The second-order valence-corrected chi connectivity index (χ2v) is 9.04. The van der Waals surface area contributed by atoms with Crippen molar-refractivity contribution in [2.75, 3.05) is 6.61 Å². The highest BCUT2D eigenvalue weighted by atomic mass is 79.9. The van der Waals surface area contributed by atoms with Crippen LogP contribution in [0.4, 0.5) is 0 Å². The van der Waals surface area contributed by atoms with Gasteiger partial charge in [0.2, 0.25) is 0 Å². The van der Waals surface area contributed by atoms with Crippen molar-refractivity contribution < 1.29 is 19.1 Å². The maximum absolute atomic E-state index is 12.3. The van der Waals surface area contributed by atoms with Crippen LogP contribution in [0.25, 0.3) is 6.08 Å². The fraction of sp³-hybridized carbons (Fsp3) is 0.179. The molecule has 0 unspecified atom stereocenters. The number of nitrogens with one attached hydrogen (secondary N) is 1. The van der Waals surface area contributed by atoms with Crippen molar-refractivity contribution >= 4 is 40.1 Å². The first-order valence-corrected chi connectivity index (χ1v) is 11.9. The number of carbonyl (C=O) groups excluding carboxylic acids is 2. The van der Waals surface area contributed by atoms with Gasteiger partial charge in [-0.1, -0.05) is 72.2 Å². The van der Waals surface area contributed by atoms with Crippen LogP contribution >= 0.6 is 15.9 Å². The van der Waals surface area contributed by atoms with Gasteiger partial charge < -0.3 is 9.47 Å². The lowest BCUT2D eigenvalue weighted by Crippen LogP contribution is -2.25. The van der Waals surface area contributed by atoms with Gasteiger partial charge in [0.25, 0.3) is 5.91 Å². The Morgan fingerprint density at radius 3 is 2.54 bits per heavy atom. The molecule has 0 radical (unpaired) electrons. The van der Waals surface area contributed by atoms with Crippen LogP contribution in [0.5, 0.6) is 11.5 Å². The number of nitrogens with zero attached hydrogens (tertiary/aromatic N) is 1. The molecule has 1 amide bonds. The van der Waals surface area contributed by atoms with E-state index in [-0.39, 0.29) is 12.5 Å². The van der Waals surface area contributed by atoms with Gasteiger partial charge in [-0.15, -0.1) is 0 Å². The summed E-state index contributed by atoms with van der Waals surface area (Å²) in [5.74, 6) is 0.335. The average molecular weight is 535 g/mol. The summed E-state index contributed by atoms with van der Waals surface area (Å²) in [7, 11) is 0. The predicted octanol–water partition coefficient (Wildman–Crippen LogP) is 6.03. The number of amides is 1. The van der Waals surface area contributed by atoms with Crippen LogP contribution in [0.2, 0.25) is 0 Å². The van der Waals surface area contributed by atoms with Crippen LogP contribution in [0.15, 0.2) is 82.4 Å². The zero-order valence-electron chi connectivity index (χ0n) is 19.8. The van der Waals surface area contributed by atoms with Gasteiger partial charge in [-0.25, -0.2) is 10.2 Å². The van der Waals surface area contributed by atoms with Gasteiger partial charge in [-0.05, 0) is 59.9 Å². The fourth-order valence-electron chi connectivity index (χ4n) is 3.18. The Labute approximate surface area is 213 Å². The quantitative estimate of drug-likeness (QED) is 0.119. The molecule has 1 N–H and O–H groups in total. The third-order valence-electron chi connectivity index (χ3n) is 4.94. The van der Waals surface area contributed by atoms with E-state index in [9.17, 15) is 9.59 Å². The van der Waals surface area contributed by atoms with E-state index in [1.807, 2.05) is 55.5 Å². The van der Waals surface area contributed by atoms with E-state index in [0.29, 0.717) is 17.1 Å². The molecule has 0 heterocycles. The van der Waals surface area contributed by atoms with E-state index >= 15 is 0 Å². The van der Waals surface area contributed by atoms with Crippen molar-refractivity contribution in [2.24, 2.45) is 5.10 Å². The van der Waals surface area contributed by atoms with Crippen molar-refractivity contribution in [1.29, 1.82) is 0 Å². The van der Waals surface area contributed by atoms with Gasteiger partial charge in [-0.2, -0.15) is 5.10 Å². The predicted molar refractivity (Wildman–Crippen MR) is 142 cm³/mol. The minimum absolute atomic E-state index is 0.175. The molecule has 0 fully saturated rings. The Kier molecular flexibility index (Phi) is 9.38. The van der Waals surface area contributed by atoms with E-state index in [2.05, 4.69) is 40.3 Å². The second kappa shape index (κ2) is 12.7. The monoisotopic (exact) mass is 534 g/mol. The molecule has 0 aliphatic heterocycles. The lowest BCUT2D eigenvalue weighted by Gasteiger charge is -2.14. The lowest BCUT2D eigenvalue weighted by atomic mass is 10.0. The van der Waals surface area contributed by atoms with Gasteiger partial charge in [0.05, 0.1) is 6.21 Å². The molecule has 7 heteroatoms. The van der Waals surface area contributed by atoms with Crippen LogP contribution in [0.1, 0.15) is 42.0 Å². The Bertz CT molecular complexity index is 1240. The third-order valence-corrected chi connectivity index (χ3v) is 5.43. The molecule has 0 spiro atoms. The maximum Gasteiger partial charge on any atom is 0.336 e. The molecule has 0 atom stereocenters. The van der Waals surface area contributed by atoms with Crippen LogP contribution in [0.3, 0.4) is 0 Å². The highest BCUT2D eigenvalue weighted by Crippen LogP contribution is 2.27. The van der Waals surface area contributed by atoms with Crippen molar-refractivity contribution in [3.05, 3.63) is 99.5 Å². The molecule has 0 saturated carbocycles. The first kappa shape index (κ1) is 25.9. The first-order valence-electron chi connectivity index (χ1n) is 11.1. The summed E-state index contributed by atoms with van der Waals surface area (Å²) in [6.45, 7) is 5.94. The Morgan fingerprint density at radius 2 is 1.80 bits per heavy atom. The maximum atomic E-state index is 12.3. The molecule has 0 saturated heterocycles. The van der Waals surface area contributed by atoms with Crippen LogP contribution < -0.4 is 14.9 Å². The van der Waals surface area contributed by atoms with E-state index in [1.165, 1.54) is 12.3 Å². The number of hydrogen-bond donors (Lipinski definition) is 1. The molecule has 0 aliphatic rings. The smallest absolute Gasteiger partial charge is 0.336 e. The summed E-state index contributed by atoms with van der Waals surface area (Å²) in [5, 5.41) is 4.00. The first-order chi connectivity index (χ1) is 16.8. The Balaban J connectivity index is 1.60. The molecule has 180 valence electrons. The summed E-state index contributed by atoms with van der Waals surface area (Å²) < 4.78 is 12.0. The van der Waals surface area contributed by atoms with Gasteiger partial charge in [-0.3, -0.25) is 4.79 Å². The molecule has 0 bridgehead atoms. The summed E-state index contributed by atoms with van der Waals surface area (Å²) in [4.78, 5) is 24.5. The summed E-state index contributed by atoms with van der Waals surface area (Å²) in [5.41, 5.74) is 5.94. The van der Waals surface area contributed by atoms with Crippen molar-refractivity contribution in [1.82, 2.24) is 5.43 Å². The van der Waals surface area contributed by atoms with Crippen LogP contribution in [0, 0.1) is 6.92 Å². The normalized spacial score (nSPS) is 11.2. The van der Waals surface area contributed by atoms with Gasteiger partial charge in [0, 0.05) is 16.1 Å². The van der Waals surface area contributed by atoms with Crippen LogP contribution in [-0.4, -0.2) is 24.7 Å².